The Morgan fingerprint density at radius 1 is 0.931 bits per heavy atom. The Labute approximate surface area is 183 Å². The summed E-state index contributed by atoms with van der Waals surface area (Å²) in [4.78, 5) is 0. The van der Waals surface area contributed by atoms with Crippen molar-refractivity contribution in [2.45, 2.75) is 10.9 Å². The summed E-state index contributed by atoms with van der Waals surface area (Å²) in [6, 6.07) is 18.4. The first kappa shape index (κ1) is 20.1. The van der Waals surface area contributed by atoms with Gasteiger partial charge in [-0.15, -0.1) is 10.2 Å². The molecule has 0 aliphatic heterocycles. The highest BCUT2D eigenvalue weighted by molar-refractivity contribution is 9.10. The zero-order valence-corrected chi connectivity index (χ0v) is 18.0. The summed E-state index contributed by atoms with van der Waals surface area (Å²) in [6.45, 7) is 0. The molecular weight excluding hydrogens is 480 g/mol. The first-order valence-corrected chi connectivity index (χ1v) is 10.7. The normalized spacial score (nSPS) is 11.0. The Morgan fingerprint density at radius 2 is 1.69 bits per heavy atom. The molecule has 0 spiro atoms. The van der Waals surface area contributed by atoms with Crippen LogP contribution in [0.2, 0.25) is 5.02 Å². The molecule has 3 aromatic carbocycles. The van der Waals surface area contributed by atoms with Crippen molar-refractivity contribution in [3.63, 3.8) is 0 Å². The van der Waals surface area contributed by atoms with E-state index in [9.17, 15) is 8.78 Å². The molecule has 0 atom stereocenters. The second-order valence-corrected chi connectivity index (χ2v) is 8.36. The molecular formula is C21H13BrClF2N3S. The molecule has 8 heteroatoms. The van der Waals surface area contributed by atoms with Gasteiger partial charge in [-0.25, -0.2) is 8.78 Å². The van der Waals surface area contributed by atoms with Crippen LogP contribution in [0.4, 0.5) is 8.78 Å². The number of halogens is 4. The fourth-order valence-corrected chi connectivity index (χ4v) is 4.30. The van der Waals surface area contributed by atoms with Crippen LogP contribution in [0.15, 0.2) is 76.4 Å². The molecule has 0 bridgehead atoms. The van der Waals surface area contributed by atoms with E-state index in [-0.39, 0.29) is 5.82 Å². The molecule has 0 aliphatic rings. The van der Waals surface area contributed by atoms with Crippen LogP contribution in [0, 0.1) is 11.6 Å². The van der Waals surface area contributed by atoms with Crippen LogP contribution < -0.4 is 0 Å². The quantitative estimate of drug-likeness (QED) is 0.283. The molecule has 0 amide bonds. The largest absolute Gasteiger partial charge is 0.267 e. The van der Waals surface area contributed by atoms with Gasteiger partial charge in [0.25, 0.3) is 0 Å². The van der Waals surface area contributed by atoms with Crippen molar-refractivity contribution in [3.8, 4) is 17.1 Å². The fourth-order valence-electron chi connectivity index (χ4n) is 2.81. The molecule has 146 valence electrons. The molecule has 29 heavy (non-hydrogen) atoms. The number of benzene rings is 3. The van der Waals surface area contributed by atoms with E-state index in [0.29, 0.717) is 43.0 Å². The van der Waals surface area contributed by atoms with Crippen LogP contribution in [0.3, 0.4) is 0 Å². The van der Waals surface area contributed by atoms with Crippen molar-refractivity contribution in [1.29, 1.82) is 0 Å². The Kier molecular flexibility index (Phi) is 5.99. The standard InChI is InChI=1S/C21H13BrClF2N3S/c22-14-10-9-13(18(25)11-14)12-29-21-27-26-20(15-5-1-2-6-16(15)23)28(21)19-8-4-3-7-17(19)24/h1-11H,12H2. The van der Waals surface area contributed by atoms with Gasteiger partial charge in [0.15, 0.2) is 11.0 Å². The number of para-hydroxylation sites is 1. The van der Waals surface area contributed by atoms with E-state index in [0.717, 1.165) is 0 Å². The van der Waals surface area contributed by atoms with Gasteiger partial charge in [0.2, 0.25) is 0 Å². The highest BCUT2D eigenvalue weighted by atomic mass is 79.9. The van der Waals surface area contributed by atoms with Crippen LogP contribution in [0.25, 0.3) is 17.1 Å². The molecule has 1 heterocycles. The highest BCUT2D eigenvalue weighted by Crippen LogP contribution is 2.34. The summed E-state index contributed by atoms with van der Waals surface area (Å²) in [7, 11) is 0. The fraction of sp³-hybridized carbons (Fsp3) is 0.0476. The number of nitrogens with zero attached hydrogens (tertiary/aromatic N) is 3. The molecule has 4 rings (SSSR count). The maximum atomic E-state index is 14.6. The molecule has 0 radical (unpaired) electrons. The summed E-state index contributed by atoms with van der Waals surface area (Å²) >= 11 is 10.9. The van der Waals surface area contributed by atoms with Gasteiger partial charge in [0.1, 0.15) is 11.6 Å². The number of aromatic nitrogens is 3. The minimum Gasteiger partial charge on any atom is -0.267 e. The zero-order valence-electron chi connectivity index (χ0n) is 14.8. The Morgan fingerprint density at radius 3 is 2.45 bits per heavy atom. The van der Waals surface area contributed by atoms with E-state index in [2.05, 4.69) is 26.1 Å². The molecule has 0 saturated heterocycles. The van der Waals surface area contributed by atoms with Crippen molar-refractivity contribution in [2.24, 2.45) is 0 Å². The zero-order chi connectivity index (χ0) is 20.4. The van der Waals surface area contributed by atoms with Gasteiger partial charge >= 0.3 is 0 Å². The summed E-state index contributed by atoms with van der Waals surface area (Å²) < 4.78 is 31.1. The van der Waals surface area contributed by atoms with Crippen LogP contribution >= 0.6 is 39.3 Å². The number of rotatable bonds is 5. The number of hydrogen-bond donors (Lipinski definition) is 0. The molecule has 0 saturated carbocycles. The van der Waals surface area contributed by atoms with Crippen LogP contribution in [-0.4, -0.2) is 14.8 Å². The van der Waals surface area contributed by atoms with Gasteiger partial charge in [-0.1, -0.05) is 69.6 Å². The van der Waals surface area contributed by atoms with E-state index in [1.165, 1.54) is 23.9 Å². The van der Waals surface area contributed by atoms with Crippen molar-refractivity contribution in [2.75, 3.05) is 0 Å². The van der Waals surface area contributed by atoms with Crippen LogP contribution in [0.1, 0.15) is 5.56 Å². The van der Waals surface area contributed by atoms with E-state index < -0.39 is 5.82 Å². The summed E-state index contributed by atoms with van der Waals surface area (Å²) in [5.41, 5.74) is 1.44. The third kappa shape index (κ3) is 4.22. The molecule has 1 aromatic heterocycles. The predicted molar refractivity (Wildman–Crippen MR) is 115 cm³/mol. The second-order valence-electron chi connectivity index (χ2n) is 6.10. The Bertz CT molecular complexity index is 1180. The Hall–Kier alpha value is -2.22. The molecule has 0 aliphatic carbocycles. The molecule has 0 unspecified atom stereocenters. The van der Waals surface area contributed by atoms with Crippen molar-refractivity contribution in [1.82, 2.24) is 14.8 Å². The number of thioether (sulfide) groups is 1. The highest BCUT2D eigenvalue weighted by Gasteiger charge is 2.20. The van der Waals surface area contributed by atoms with Gasteiger partial charge in [-0.2, -0.15) is 0 Å². The maximum Gasteiger partial charge on any atom is 0.196 e. The SMILES string of the molecule is Fc1cc(Br)ccc1CSc1nnc(-c2ccccc2Cl)n1-c1ccccc1F. The van der Waals surface area contributed by atoms with Gasteiger partial charge < -0.3 is 0 Å². The lowest BCUT2D eigenvalue weighted by molar-refractivity contribution is 0.612. The minimum atomic E-state index is -0.419. The monoisotopic (exact) mass is 491 g/mol. The minimum absolute atomic E-state index is 0.297. The van der Waals surface area contributed by atoms with Crippen LogP contribution in [-0.2, 0) is 5.75 Å². The number of hydrogen-bond acceptors (Lipinski definition) is 3. The summed E-state index contributed by atoms with van der Waals surface area (Å²) in [5, 5.41) is 9.40. The van der Waals surface area contributed by atoms with Gasteiger partial charge in [0, 0.05) is 15.8 Å². The smallest absolute Gasteiger partial charge is 0.196 e. The van der Waals surface area contributed by atoms with Gasteiger partial charge in [0.05, 0.1) is 10.7 Å². The first-order valence-electron chi connectivity index (χ1n) is 8.56. The van der Waals surface area contributed by atoms with Crippen molar-refractivity contribution >= 4 is 39.3 Å². The maximum absolute atomic E-state index is 14.6. The van der Waals surface area contributed by atoms with Crippen molar-refractivity contribution in [3.05, 3.63) is 93.4 Å². The van der Waals surface area contributed by atoms with Crippen LogP contribution in [0.5, 0.6) is 0 Å². The lowest BCUT2D eigenvalue weighted by Gasteiger charge is -2.12. The summed E-state index contributed by atoms with van der Waals surface area (Å²) in [5.74, 6) is -0.0132. The first-order chi connectivity index (χ1) is 14.0. The average molecular weight is 493 g/mol. The van der Waals surface area contributed by atoms with E-state index in [1.54, 1.807) is 47.0 Å². The van der Waals surface area contributed by atoms with E-state index in [1.807, 2.05) is 12.1 Å². The van der Waals surface area contributed by atoms with Crippen molar-refractivity contribution < 1.29 is 8.78 Å². The lowest BCUT2D eigenvalue weighted by Crippen LogP contribution is -2.03. The molecule has 0 fully saturated rings. The third-order valence-electron chi connectivity index (χ3n) is 4.21. The van der Waals surface area contributed by atoms with Gasteiger partial charge in [-0.3, -0.25) is 4.57 Å². The molecule has 0 N–H and O–H groups in total. The predicted octanol–water partition coefficient (Wildman–Crippen LogP) is 6.92. The Balaban J connectivity index is 1.78. The average Bonchev–Trinajstić information content (AvgIpc) is 3.11. The molecule has 3 nitrogen and oxygen atoms in total. The van der Waals surface area contributed by atoms with E-state index in [4.69, 9.17) is 11.6 Å². The second kappa shape index (κ2) is 8.65. The molecule has 4 aromatic rings. The summed E-state index contributed by atoms with van der Waals surface area (Å²) in [6.07, 6.45) is 0. The van der Waals surface area contributed by atoms with Gasteiger partial charge in [-0.05, 0) is 42.0 Å². The third-order valence-corrected chi connectivity index (χ3v) is 6.01. The topological polar surface area (TPSA) is 30.7 Å². The lowest BCUT2D eigenvalue weighted by atomic mass is 10.2. The van der Waals surface area contributed by atoms with E-state index >= 15 is 0 Å².